The molecule has 160 valence electrons. The number of methoxy groups -OCH3 is 1. The number of aliphatic hydroxyl groups is 1. The molecule has 3 rings (SSSR count). The first-order chi connectivity index (χ1) is 14.0. The molecular weight excluding hydrogens is 366 g/mol. The van der Waals surface area contributed by atoms with Crippen LogP contribution in [0.15, 0.2) is 24.3 Å². The van der Waals surface area contributed by atoms with Crippen LogP contribution >= 0.6 is 0 Å². The lowest BCUT2D eigenvalue weighted by Crippen LogP contribution is -2.42. The minimum atomic E-state index is -0.319. The topological polar surface area (TPSA) is 75.6 Å². The Bertz CT molecular complexity index is 681. The molecule has 1 heterocycles. The zero-order valence-electron chi connectivity index (χ0n) is 17.6. The lowest BCUT2D eigenvalue weighted by molar-refractivity contribution is -0.119. The Morgan fingerprint density at radius 2 is 1.93 bits per heavy atom. The van der Waals surface area contributed by atoms with Crippen molar-refractivity contribution in [3.05, 3.63) is 35.4 Å². The molecule has 29 heavy (non-hydrogen) atoms. The highest BCUT2D eigenvalue weighted by atomic mass is 16.5. The smallest absolute Gasteiger partial charge is 0.337 e. The number of benzene rings is 1. The first-order valence-corrected chi connectivity index (χ1v) is 11.2. The van der Waals surface area contributed by atoms with E-state index in [4.69, 9.17) is 4.74 Å². The van der Waals surface area contributed by atoms with Gasteiger partial charge in [0.1, 0.15) is 0 Å². The molecule has 1 aromatic rings. The van der Waals surface area contributed by atoms with Crippen LogP contribution in [0.3, 0.4) is 0 Å². The Labute approximate surface area is 174 Å². The van der Waals surface area contributed by atoms with Gasteiger partial charge in [0.15, 0.2) is 0 Å². The van der Waals surface area contributed by atoms with Gasteiger partial charge in [-0.15, -0.1) is 0 Å². The largest absolute Gasteiger partial charge is 0.465 e. The van der Waals surface area contributed by atoms with Crippen molar-refractivity contribution in [2.75, 3.05) is 7.11 Å². The summed E-state index contributed by atoms with van der Waals surface area (Å²) in [4.78, 5) is 23.5. The summed E-state index contributed by atoms with van der Waals surface area (Å²) in [5.41, 5.74) is 1.57. The minimum Gasteiger partial charge on any atom is -0.465 e. The maximum atomic E-state index is 12.0. The fraction of sp³-hybridized carbons (Fsp3) is 0.667. The fourth-order valence-electron chi connectivity index (χ4n) is 5.01. The predicted molar refractivity (Wildman–Crippen MR) is 113 cm³/mol. The molecule has 1 aliphatic carbocycles. The van der Waals surface area contributed by atoms with E-state index in [0.717, 1.165) is 51.4 Å². The molecule has 5 nitrogen and oxygen atoms in total. The van der Waals surface area contributed by atoms with Gasteiger partial charge in [0, 0.05) is 12.0 Å². The van der Waals surface area contributed by atoms with E-state index >= 15 is 0 Å². The summed E-state index contributed by atoms with van der Waals surface area (Å²) in [5.74, 6) is 0.256. The second kappa shape index (κ2) is 10.2. The summed E-state index contributed by atoms with van der Waals surface area (Å²) in [6.45, 7) is 0. The number of hydrogen-bond donors (Lipinski definition) is 2. The third-order valence-corrected chi connectivity index (χ3v) is 6.84. The van der Waals surface area contributed by atoms with Crippen LogP contribution in [0, 0.1) is 5.92 Å². The average Bonchev–Trinajstić information content (AvgIpc) is 3.13. The highest BCUT2D eigenvalue weighted by Crippen LogP contribution is 2.34. The fourth-order valence-corrected chi connectivity index (χ4v) is 5.01. The number of nitrogens with one attached hydrogen (secondary N) is 1. The van der Waals surface area contributed by atoms with Crippen LogP contribution in [-0.4, -0.2) is 35.7 Å². The third-order valence-electron chi connectivity index (χ3n) is 6.84. The number of carbonyl (C=O) groups is 2. The molecular formula is C24H35NO4. The molecule has 0 radical (unpaired) electrons. The lowest BCUT2D eigenvalue weighted by Gasteiger charge is -2.33. The molecule has 0 spiro atoms. The number of rotatable bonds is 9. The summed E-state index contributed by atoms with van der Waals surface area (Å²) in [6.07, 6.45) is 11.7. The van der Waals surface area contributed by atoms with Crippen LogP contribution in [0.1, 0.15) is 86.6 Å². The summed E-state index contributed by atoms with van der Waals surface area (Å²) in [7, 11) is 1.39. The standard InChI is InChI=1S/C24H35NO4/c1-29-23(28)20-11-9-18(10-12-20)6-5-15-24(17-14-22(27)25-24)16-13-21(26)19-7-3-2-4-8-19/h9-12,19,21,26H,2-8,13-17H2,1H3,(H,25,27)/t21-,24+/m0/s1. The van der Waals surface area contributed by atoms with Crippen molar-refractivity contribution in [1.82, 2.24) is 5.32 Å². The average molecular weight is 402 g/mol. The Hall–Kier alpha value is -1.88. The number of amides is 1. The monoisotopic (exact) mass is 401 g/mol. The van der Waals surface area contributed by atoms with Crippen LogP contribution in [0.2, 0.25) is 0 Å². The van der Waals surface area contributed by atoms with Crippen molar-refractivity contribution in [2.24, 2.45) is 5.92 Å². The Morgan fingerprint density at radius 1 is 1.21 bits per heavy atom. The summed E-state index contributed by atoms with van der Waals surface area (Å²) >= 11 is 0. The van der Waals surface area contributed by atoms with E-state index in [2.05, 4.69) is 5.32 Å². The van der Waals surface area contributed by atoms with Crippen LogP contribution in [0.5, 0.6) is 0 Å². The van der Waals surface area contributed by atoms with Crippen LogP contribution in [0.25, 0.3) is 0 Å². The molecule has 1 aliphatic heterocycles. The highest BCUT2D eigenvalue weighted by molar-refractivity contribution is 5.89. The van der Waals surface area contributed by atoms with Crippen molar-refractivity contribution < 1.29 is 19.4 Å². The van der Waals surface area contributed by atoms with E-state index in [9.17, 15) is 14.7 Å². The van der Waals surface area contributed by atoms with Crippen LogP contribution < -0.4 is 5.32 Å². The number of ether oxygens (including phenoxy) is 1. The van der Waals surface area contributed by atoms with Crippen molar-refractivity contribution >= 4 is 11.9 Å². The van der Waals surface area contributed by atoms with Gasteiger partial charge in [-0.25, -0.2) is 4.79 Å². The molecule has 1 saturated heterocycles. The molecule has 0 unspecified atom stereocenters. The van der Waals surface area contributed by atoms with Crippen LogP contribution in [-0.2, 0) is 16.0 Å². The number of hydrogen-bond acceptors (Lipinski definition) is 4. The van der Waals surface area contributed by atoms with Gasteiger partial charge < -0.3 is 15.2 Å². The van der Waals surface area contributed by atoms with Crippen LogP contribution in [0.4, 0.5) is 0 Å². The van der Waals surface area contributed by atoms with E-state index < -0.39 is 0 Å². The molecule has 1 aromatic carbocycles. The van der Waals surface area contributed by atoms with E-state index in [1.54, 1.807) is 12.1 Å². The quantitative estimate of drug-likeness (QED) is 0.609. The van der Waals surface area contributed by atoms with E-state index in [1.807, 2.05) is 12.1 Å². The van der Waals surface area contributed by atoms with Gasteiger partial charge in [-0.2, -0.15) is 0 Å². The van der Waals surface area contributed by atoms with Gasteiger partial charge in [-0.1, -0.05) is 31.4 Å². The van der Waals surface area contributed by atoms with Gasteiger partial charge in [0.25, 0.3) is 0 Å². The van der Waals surface area contributed by atoms with E-state index in [-0.39, 0.29) is 23.5 Å². The molecule has 1 amide bonds. The molecule has 0 bridgehead atoms. The van der Waals surface area contributed by atoms with Crippen molar-refractivity contribution in [3.8, 4) is 0 Å². The highest BCUT2D eigenvalue weighted by Gasteiger charge is 2.37. The number of aliphatic hydroxyl groups excluding tert-OH is 1. The Kier molecular flexibility index (Phi) is 7.70. The molecule has 1 saturated carbocycles. The van der Waals surface area contributed by atoms with E-state index in [1.165, 1.54) is 31.9 Å². The van der Waals surface area contributed by atoms with Gasteiger partial charge in [-0.05, 0) is 75.0 Å². The Morgan fingerprint density at radius 3 is 2.55 bits per heavy atom. The molecule has 2 fully saturated rings. The molecule has 2 aliphatic rings. The predicted octanol–water partition coefficient (Wildman–Crippen LogP) is 4.17. The third kappa shape index (κ3) is 6.05. The second-order valence-corrected chi connectivity index (χ2v) is 8.87. The summed E-state index contributed by atoms with van der Waals surface area (Å²) < 4.78 is 4.74. The lowest BCUT2D eigenvalue weighted by atomic mass is 9.80. The van der Waals surface area contributed by atoms with Crippen molar-refractivity contribution in [3.63, 3.8) is 0 Å². The molecule has 5 heteroatoms. The van der Waals surface area contributed by atoms with Gasteiger partial charge in [-0.3, -0.25) is 4.79 Å². The first-order valence-electron chi connectivity index (χ1n) is 11.2. The normalized spacial score (nSPS) is 23.6. The summed E-state index contributed by atoms with van der Waals surface area (Å²) in [6, 6.07) is 7.54. The first kappa shape index (κ1) is 21.8. The summed E-state index contributed by atoms with van der Waals surface area (Å²) in [5, 5.41) is 13.9. The minimum absolute atomic E-state index is 0.139. The second-order valence-electron chi connectivity index (χ2n) is 8.87. The maximum Gasteiger partial charge on any atom is 0.337 e. The van der Waals surface area contributed by atoms with Crippen molar-refractivity contribution in [1.29, 1.82) is 0 Å². The van der Waals surface area contributed by atoms with Gasteiger partial charge in [0.2, 0.25) is 5.91 Å². The number of esters is 1. The van der Waals surface area contributed by atoms with E-state index in [0.29, 0.717) is 17.9 Å². The molecule has 2 atom stereocenters. The van der Waals surface area contributed by atoms with Gasteiger partial charge in [0.05, 0.1) is 18.8 Å². The molecule has 0 aromatic heterocycles. The van der Waals surface area contributed by atoms with Crippen molar-refractivity contribution in [2.45, 2.75) is 88.7 Å². The van der Waals surface area contributed by atoms with Gasteiger partial charge >= 0.3 is 5.97 Å². The number of aryl methyl sites for hydroxylation is 1. The SMILES string of the molecule is COC(=O)c1ccc(CCC[C@@]2(CC[C@H](O)C3CCCCC3)CCC(=O)N2)cc1. The maximum absolute atomic E-state index is 12.0. The zero-order valence-corrected chi connectivity index (χ0v) is 17.6. The Balaban J connectivity index is 1.50. The number of carbonyl (C=O) groups excluding carboxylic acids is 2. The zero-order chi connectivity index (χ0) is 20.7. The molecule has 2 N–H and O–H groups in total.